The summed E-state index contributed by atoms with van der Waals surface area (Å²) in [6.45, 7) is 9.89. The van der Waals surface area contributed by atoms with Crippen LogP contribution in [0.2, 0.25) is 0 Å². The van der Waals surface area contributed by atoms with Crippen molar-refractivity contribution in [2.24, 2.45) is 5.92 Å². The molecule has 0 radical (unpaired) electrons. The molecule has 3 rings (SSSR count). The number of carbonyl (C=O) groups is 1. The lowest BCUT2D eigenvalue weighted by Crippen LogP contribution is -2.48. The summed E-state index contributed by atoms with van der Waals surface area (Å²) in [5.74, 6) is 0.629. The van der Waals surface area contributed by atoms with Crippen LogP contribution in [0.3, 0.4) is 0 Å². The van der Waals surface area contributed by atoms with E-state index in [4.69, 9.17) is 4.74 Å². The van der Waals surface area contributed by atoms with Gasteiger partial charge in [-0.3, -0.25) is 14.2 Å². The van der Waals surface area contributed by atoms with E-state index in [1.165, 1.54) is 11.8 Å². The Morgan fingerprint density at radius 2 is 1.93 bits per heavy atom. The topological polar surface area (TPSA) is 64.4 Å². The maximum atomic E-state index is 12.9. The largest absolute Gasteiger partial charge is 0.372 e. The van der Waals surface area contributed by atoms with Gasteiger partial charge in [-0.05, 0) is 31.9 Å². The lowest BCUT2D eigenvalue weighted by Gasteiger charge is -2.35. The Bertz CT molecular complexity index is 870. The third-order valence-electron chi connectivity index (χ3n) is 4.47. The lowest BCUT2D eigenvalue weighted by atomic mass is 10.2. The predicted molar refractivity (Wildman–Crippen MR) is 108 cm³/mol. The van der Waals surface area contributed by atoms with Crippen molar-refractivity contribution in [1.29, 1.82) is 0 Å². The zero-order valence-electron chi connectivity index (χ0n) is 16.3. The van der Waals surface area contributed by atoms with Crippen LogP contribution < -0.4 is 5.56 Å². The molecular weight excluding hydrogens is 362 g/mol. The van der Waals surface area contributed by atoms with Crippen LogP contribution in [0.5, 0.6) is 0 Å². The Morgan fingerprint density at radius 3 is 2.59 bits per heavy atom. The molecule has 27 heavy (non-hydrogen) atoms. The molecule has 6 nitrogen and oxygen atoms in total. The first kappa shape index (κ1) is 19.9. The Morgan fingerprint density at radius 1 is 1.26 bits per heavy atom. The Hall–Kier alpha value is -1.86. The van der Waals surface area contributed by atoms with Gasteiger partial charge in [0.05, 0.1) is 28.9 Å². The molecule has 0 unspecified atom stereocenters. The van der Waals surface area contributed by atoms with Crippen LogP contribution in [0.15, 0.2) is 34.2 Å². The highest BCUT2D eigenvalue weighted by Crippen LogP contribution is 2.20. The number of morpholine rings is 1. The summed E-state index contributed by atoms with van der Waals surface area (Å²) < 4.78 is 7.40. The third-order valence-corrected chi connectivity index (χ3v) is 5.43. The molecule has 0 saturated carbocycles. The van der Waals surface area contributed by atoms with E-state index in [0.717, 1.165) is 0 Å². The normalized spacial score (nSPS) is 20.4. The number of hydrogen-bond donors (Lipinski definition) is 0. The van der Waals surface area contributed by atoms with Crippen molar-refractivity contribution in [3.63, 3.8) is 0 Å². The van der Waals surface area contributed by atoms with E-state index in [9.17, 15) is 9.59 Å². The summed E-state index contributed by atoms with van der Waals surface area (Å²) in [7, 11) is 0. The van der Waals surface area contributed by atoms with Crippen LogP contribution in [0, 0.1) is 5.92 Å². The molecule has 2 aromatic rings. The van der Waals surface area contributed by atoms with Gasteiger partial charge in [0.1, 0.15) is 0 Å². The fourth-order valence-corrected chi connectivity index (χ4v) is 4.29. The number of para-hydroxylation sites is 1. The molecule has 2 heterocycles. The van der Waals surface area contributed by atoms with Crippen molar-refractivity contribution in [1.82, 2.24) is 14.5 Å². The smallest absolute Gasteiger partial charge is 0.262 e. The number of aromatic nitrogens is 2. The molecule has 2 atom stereocenters. The summed E-state index contributed by atoms with van der Waals surface area (Å²) in [5.41, 5.74) is 0.629. The van der Waals surface area contributed by atoms with Gasteiger partial charge in [-0.2, -0.15) is 0 Å². The van der Waals surface area contributed by atoms with Gasteiger partial charge in [0.15, 0.2) is 5.16 Å². The molecule has 1 amide bonds. The number of rotatable bonds is 5. The van der Waals surface area contributed by atoms with Crippen molar-refractivity contribution in [2.45, 2.75) is 51.6 Å². The summed E-state index contributed by atoms with van der Waals surface area (Å²) in [6, 6.07) is 7.37. The summed E-state index contributed by atoms with van der Waals surface area (Å²) in [6.07, 6.45) is 0.0845. The number of carbonyl (C=O) groups excluding carboxylic acids is 1. The van der Waals surface area contributed by atoms with Crippen molar-refractivity contribution < 1.29 is 9.53 Å². The molecule has 1 saturated heterocycles. The summed E-state index contributed by atoms with van der Waals surface area (Å²) in [5, 5.41) is 1.22. The molecule has 7 heteroatoms. The van der Waals surface area contributed by atoms with E-state index < -0.39 is 0 Å². The minimum atomic E-state index is -0.0436. The van der Waals surface area contributed by atoms with E-state index in [0.29, 0.717) is 41.6 Å². The van der Waals surface area contributed by atoms with Gasteiger partial charge in [-0.25, -0.2) is 4.98 Å². The highest BCUT2D eigenvalue weighted by atomic mass is 32.2. The first-order chi connectivity index (χ1) is 12.8. The fraction of sp³-hybridized carbons (Fsp3) is 0.550. The van der Waals surface area contributed by atoms with Crippen molar-refractivity contribution >= 4 is 28.6 Å². The maximum Gasteiger partial charge on any atom is 0.262 e. The zero-order chi connectivity index (χ0) is 19.6. The minimum Gasteiger partial charge on any atom is -0.372 e. The number of thioether (sulfide) groups is 1. The van der Waals surface area contributed by atoms with Crippen LogP contribution in [-0.2, 0) is 16.1 Å². The van der Waals surface area contributed by atoms with E-state index in [-0.39, 0.29) is 29.4 Å². The summed E-state index contributed by atoms with van der Waals surface area (Å²) >= 11 is 1.34. The number of hydrogen-bond acceptors (Lipinski definition) is 5. The van der Waals surface area contributed by atoms with Gasteiger partial charge < -0.3 is 9.64 Å². The summed E-state index contributed by atoms with van der Waals surface area (Å²) in [4.78, 5) is 32.1. The van der Waals surface area contributed by atoms with Crippen LogP contribution in [0.4, 0.5) is 0 Å². The Labute approximate surface area is 163 Å². The van der Waals surface area contributed by atoms with Gasteiger partial charge in [0.25, 0.3) is 5.56 Å². The number of fused-ring (bicyclic) bond motifs is 1. The van der Waals surface area contributed by atoms with Gasteiger partial charge in [-0.1, -0.05) is 37.7 Å². The molecule has 0 aliphatic carbocycles. The number of nitrogens with zero attached hydrogens (tertiary/aromatic N) is 3. The van der Waals surface area contributed by atoms with Crippen molar-refractivity contribution in [3.8, 4) is 0 Å². The van der Waals surface area contributed by atoms with Crippen LogP contribution >= 0.6 is 11.8 Å². The number of ether oxygens (including phenoxy) is 1. The van der Waals surface area contributed by atoms with Crippen molar-refractivity contribution in [2.75, 3.05) is 18.8 Å². The first-order valence-electron chi connectivity index (χ1n) is 9.40. The average Bonchev–Trinajstić information content (AvgIpc) is 2.61. The Balaban J connectivity index is 1.83. The molecule has 146 valence electrons. The molecule has 0 bridgehead atoms. The number of benzene rings is 1. The van der Waals surface area contributed by atoms with Gasteiger partial charge in [-0.15, -0.1) is 0 Å². The minimum absolute atomic E-state index is 0.0422. The average molecular weight is 390 g/mol. The van der Waals surface area contributed by atoms with Crippen LogP contribution in [-0.4, -0.2) is 51.4 Å². The van der Waals surface area contributed by atoms with E-state index >= 15 is 0 Å². The predicted octanol–water partition coefficient (Wildman–Crippen LogP) is 2.78. The van der Waals surface area contributed by atoms with E-state index in [2.05, 4.69) is 18.8 Å². The second kappa shape index (κ2) is 8.44. The third kappa shape index (κ3) is 4.71. The van der Waals surface area contributed by atoms with Crippen LogP contribution in [0.1, 0.15) is 27.7 Å². The fourth-order valence-electron chi connectivity index (χ4n) is 3.38. The van der Waals surface area contributed by atoms with Gasteiger partial charge in [0.2, 0.25) is 5.91 Å². The molecule has 1 fully saturated rings. The van der Waals surface area contributed by atoms with Crippen LogP contribution in [0.25, 0.3) is 10.9 Å². The van der Waals surface area contributed by atoms with E-state index in [1.54, 1.807) is 10.6 Å². The van der Waals surface area contributed by atoms with Gasteiger partial charge >= 0.3 is 0 Å². The standard InChI is InChI=1S/C20H27N3O3S/c1-13(2)9-23-19(25)16-7-5-6-8-17(16)21-20(23)27-12-18(24)22-10-14(3)26-15(4)11-22/h5-8,13-15H,9-12H2,1-4H3/t14-,15+. The second-order valence-corrected chi connectivity index (χ2v) is 8.51. The SMILES string of the molecule is CC(C)Cn1c(SCC(=O)N2C[C@@H](C)O[C@@H](C)C2)nc2ccccc2c1=O. The number of amides is 1. The first-order valence-corrected chi connectivity index (χ1v) is 10.4. The molecular formula is C20H27N3O3S. The second-order valence-electron chi connectivity index (χ2n) is 7.57. The Kier molecular flexibility index (Phi) is 6.22. The molecule has 0 N–H and O–H groups in total. The molecule has 0 spiro atoms. The van der Waals surface area contributed by atoms with Gasteiger partial charge in [0, 0.05) is 19.6 Å². The zero-order valence-corrected chi connectivity index (χ0v) is 17.2. The highest BCUT2D eigenvalue weighted by Gasteiger charge is 2.26. The highest BCUT2D eigenvalue weighted by molar-refractivity contribution is 7.99. The molecule has 1 aromatic heterocycles. The maximum absolute atomic E-state index is 12.9. The van der Waals surface area contributed by atoms with Crippen molar-refractivity contribution in [3.05, 3.63) is 34.6 Å². The molecule has 1 aliphatic rings. The monoisotopic (exact) mass is 389 g/mol. The quantitative estimate of drug-likeness (QED) is 0.581. The molecule has 1 aliphatic heterocycles. The molecule has 1 aromatic carbocycles. The van der Waals surface area contributed by atoms with E-state index in [1.807, 2.05) is 36.9 Å². The lowest BCUT2D eigenvalue weighted by molar-refractivity contribution is -0.140.